The minimum Gasteiger partial charge on any atom is -0.387 e. The fourth-order valence-electron chi connectivity index (χ4n) is 2.72. The molecule has 0 aliphatic heterocycles. The fourth-order valence-corrected chi connectivity index (χ4v) is 2.84. The van der Waals surface area contributed by atoms with E-state index in [1.165, 1.54) is 0 Å². The predicted molar refractivity (Wildman–Crippen MR) is 84.6 cm³/mol. The van der Waals surface area contributed by atoms with Gasteiger partial charge in [0.2, 0.25) is 5.91 Å². The van der Waals surface area contributed by atoms with E-state index < -0.39 is 11.0 Å². The molecule has 1 aliphatic rings. The maximum Gasteiger partial charge on any atom is 0.230 e. The number of hydrogen-bond donors (Lipinski definition) is 2. The van der Waals surface area contributed by atoms with Crippen molar-refractivity contribution in [1.29, 1.82) is 0 Å². The van der Waals surface area contributed by atoms with Crippen molar-refractivity contribution in [2.45, 2.75) is 30.8 Å². The van der Waals surface area contributed by atoms with E-state index >= 15 is 0 Å². The first kappa shape index (κ1) is 16.3. The number of halogens is 1. The lowest BCUT2D eigenvalue weighted by Gasteiger charge is -2.28. The van der Waals surface area contributed by atoms with Gasteiger partial charge in [-0.3, -0.25) is 4.79 Å². The number of benzene rings is 1. The Balaban J connectivity index is 1.99. The normalized spacial score (nSPS) is 19.1. The van der Waals surface area contributed by atoms with Gasteiger partial charge >= 0.3 is 0 Å². The van der Waals surface area contributed by atoms with Crippen LogP contribution in [0.15, 0.2) is 24.3 Å². The molecule has 1 aromatic rings. The number of nitrogens with zero attached hydrogens (tertiary/aromatic N) is 1. The van der Waals surface area contributed by atoms with Crippen molar-refractivity contribution in [3.05, 3.63) is 34.9 Å². The van der Waals surface area contributed by atoms with Gasteiger partial charge in [0.15, 0.2) is 0 Å². The molecule has 0 spiro atoms. The third-order valence-corrected chi connectivity index (χ3v) is 4.12. The zero-order valence-corrected chi connectivity index (χ0v) is 13.6. The lowest BCUT2D eigenvalue weighted by molar-refractivity contribution is -0.124. The zero-order valence-electron chi connectivity index (χ0n) is 12.8. The van der Waals surface area contributed by atoms with Gasteiger partial charge in [0.1, 0.15) is 0 Å². The number of carbonyl (C=O) groups excluding carboxylic acids is 1. The molecule has 5 heteroatoms. The number of nitrogens with one attached hydrogen (secondary N) is 1. The molecule has 0 aromatic heterocycles. The van der Waals surface area contributed by atoms with Crippen LogP contribution in [0.3, 0.4) is 0 Å². The van der Waals surface area contributed by atoms with Gasteiger partial charge in [-0.1, -0.05) is 23.7 Å². The fraction of sp³-hybridized carbons (Fsp3) is 0.562. The molecular formula is C16H23ClN2O2. The molecule has 2 N–H and O–H groups in total. The molecule has 21 heavy (non-hydrogen) atoms. The van der Waals surface area contributed by atoms with Crippen LogP contribution in [-0.4, -0.2) is 48.7 Å². The Labute approximate surface area is 131 Å². The maximum atomic E-state index is 12.5. The molecule has 4 nitrogen and oxygen atoms in total. The van der Waals surface area contributed by atoms with E-state index in [1.54, 1.807) is 6.92 Å². The van der Waals surface area contributed by atoms with E-state index in [2.05, 4.69) is 5.32 Å². The predicted octanol–water partition coefficient (Wildman–Crippen LogP) is 1.80. The molecule has 116 valence electrons. The molecular weight excluding hydrogens is 288 g/mol. The van der Waals surface area contributed by atoms with Gasteiger partial charge in [-0.2, -0.15) is 0 Å². The Morgan fingerprint density at radius 1 is 1.38 bits per heavy atom. The standard InChI is InChI=1S/C16H23ClN2O2/c1-15(21,11-19(2)3)10-18-14(20)16(8-9-16)12-4-6-13(17)7-5-12/h4-7,21H,8-11H2,1-3H3,(H,18,20). The smallest absolute Gasteiger partial charge is 0.230 e. The summed E-state index contributed by atoms with van der Waals surface area (Å²) in [6, 6.07) is 7.44. The molecule has 0 bridgehead atoms. The molecule has 1 unspecified atom stereocenters. The summed E-state index contributed by atoms with van der Waals surface area (Å²) in [5.41, 5.74) is -0.370. The third kappa shape index (κ3) is 3.96. The molecule has 1 saturated carbocycles. The second-order valence-corrected chi connectivity index (χ2v) is 6.94. The van der Waals surface area contributed by atoms with Gasteiger partial charge in [-0.25, -0.2) is 0 Å². The van der Waals surface area contributed by atoms with Crippen LogP contribution in [-0.2, 0) is 10.2 Å². The lowest BCUT2D eigenvalue weighted by Crippen LogP contribution is -2.49. The number of aliphatic hydroxyl groups is 1. The molecule has 1 aliphatic carbocycles. The van der Waals surface area contributed by atoms with Crippen LogP contribution in [0.5, 0.6) is 0 Å². The highest BCUT2D eigenvalue weighted by Crippen LogP contribution is 2.48. The highest BCUT2D eigenvalue weighted by molar-refractivity contribution is 6.30. The average molecular weight is 311 g/mol. The summed E-state index contributed by atoms with van der Waals surface area (Å²) >= 11 is 5.89. The van der Waals surface area contributed by atoms with E-state index in [1.807, 2.05) is 43.3 Å². The second-order valence-electron chi connectivity index (χ2n) is 6.51. The number of rotatable bonds is 6. The van der Waals surface area contributed by atoms with Gasteiger partial charge in [0.25, 0.3) is 0 Å². The Hall–Kier alpha value is -1.10. The highest BCUT2D eigenvalue weighted by atomic mass is 35.5. The summed E-state index contributed by atoms with van der Waals surface area (Å²) in [5.74, 6) is -0.0103. The summed E-state index contributed by atoms with van der Waals surface area (Å²) in [6.07, 6.45) is 1.69. The summed E-state index contributed by atoms with van der Waals surface area (Å²) in [5, 5.41) is 13.8. The van der Waals surface area contributed by atoms with E-state index in [9.17, 15) is 9.90 Å². The van der Waals surface area contributed by atoms with Crippen LogP contribution in [0.2, 0.25) is 5.02 Å². The first-order chi connectivity index (χ1) is 9.75. The maximum absolute atomic E-state index is 12.5. The molecule has 0 radical (unpaired) electrons. The van der Waals surface area contributed by atoms with E-state index in [0.29, 0.717) is 11.6 Å². The molecule has 2 rings (SSSR count). The summed E-state index contributed by atoms with van der Waals surface area (Å²) < 4.78 is 0. The van der Waals surface area contributed by atoms with Crippen molar-refractivity contribution in [2.24, 2.45) is 0 Å². The van der Waals surface area contributed by atoms with Crippen molar-refractivity contribution in [2.75, 3.05) is 27.2 Å². The van der Waals surface area contributed by atoms with Gasteiger partial charge < -0.3 is 15.3 Å². The highest BCUT2D eigenvalue weighted by Gasteiger charge is 2.51. The van der Waals surface area contributed by atoms with Crippen molar-refractivity contribution in [3.63, 3.8) is 0 Å². The van der Waals surface area contributed by atoms with E-state index in [-0.39, 0.29) is 12.5 Å². The Morgan fingerprint density at radius 2 is 1.95 bits per heavy atom. The minimum atomic E-state index is -0.935. The molecule has 0 heterocycles. The van der Waals surface area contributed by atoms with Gasteiger partial charge in [0.05, 0.1) is 11.0 Å². The minimum absolute atomic E-state index is 0.0103. The molecule has 1 aromatic carbocycles. The number of hydrogen-bond acceptors (Lipinski definition) is 3. The first-order valence-electron chi connectivity index (χ1n) is 7.17. The van der Waals surface area contributed by atoms with Crippen LogP contribution in [0.1, 0.15) is 25.3 Å². The second kappa shape index (κ2) is 5.95. The first-order valence-corrected chi connectivity index (χ1v) is 7.54. The number of carbonyl (C=O) groups is 1. The van der Waals surface area contributed by atoms with Crippen LogP contribution in [0, 0.1) is 0 Å². The SMILES string of the molecule is CN(C)CC(C)(O)CNC(=O)C1(c2ccc(Cl)cc2)CC1. The average Bonchev–Trinajstić information content (AvgIpc) is 3.17. The van der Waals surface area contributed by atoms with Crippen LogP contribution >= 0.6 is 11.6 Å². The topological polar surface area (TPSA) is 52.6 Å². The van der Waals surface area contributed by atoms with Crippen LogP contribution in [0.25, 0.3) is 0 Å². The van der Waals surface area contributed by atoms with Crippen molar-refractivity contribution in [1.82, 2.24) is 10.2 Å². The Bertz CT molecular complexity index is 508. The monoisotopic (exact) mass is 310 g/mol. The zero-order chi connectivity index (χ0) is 15.7. The number of amides is 1. The summed E-state index contributed by atoms with van der Waals surface area (Å²) in [4.78, 5) is 14.4. The van der Waals surface area contributed by atoms with Crippen molar-refractivity contribution >= 4 is 17.5 Å². The van der Waals surface area contributed by atoms with Crippen LogP contribution < -0.4 is 5.32 Å². The van der Waals surface area contributed by atoms with E-state index in [4.69, 9.17) is 11.6 Å². The third-order valence-electron chi connectivity index (χ3n) is 3.87. The van der Waals surface area contributed by atoms with Gasteiger partial charge in [-0.15, -0.1) is 0 Å². The molecule has 0 saturated heterocycles. The quantitative estimate of drug-likeness (QED) is 0.842. The number of likely N-dealkylation sites (N-methyl/N-ethyl adjacent to an activating group) is 1. The van der Waals surface area contributed by atoms with Crippen molar-refractivity contribution in [3.8, 4) is 0 Å². The Kier molecular flexibility index (Phi) is 4.61. The molecule has 1 fully saturated rings. The molecule has 1 amide bonds. The van der Waals surface area contributed by atoms with Crippen LogP contribution in [0.4, 0.5) is 0 Å². The summed E-state index contributed by atoms with van der Waals surface area (Å²) in [6.45, 7) is 2.48. The Morgan fingerprint density at radius 3 is 2.43 bits per heavy atom. The largest absolute Gasteiger partial charge is 0.387 e. The lowest BCUT2D eigenvalue weighted by atomic mass is 9.94. The van der Waals surface area contributed by atoms with Gasteiger partial charge in [0, 0.05) is 18.1 Å². The summed E-state index contributed by atoms with van der Waals surface area (Å²) in [7, 11) is 3.79. The molecule has 1 atom stereocenters. The van der Waals surface area contributed by atoms with E-state index in [0.717, 1.165) is 18.4 Å². The van der Waals surface area contributed by atoms with Crippen molar-refractivity contribution < 1.29 is 9.90 Å². The van der Waals surface area contributed by atoms with Gasteiger partial charge in [-0.05, 0) is 51.6 Å².